The number of amides is 1. The van der Waals surface area contributed by atoms with Crippen molar-refractivity contribution in [1.29, 1.82) is 5.26 Å². The Labute approximate surface area is 151 Å². The SMILES string of the molecule is CC(C)COc1ccc(/C=C(\C#N)C(=O)N2CCOCC2)cc1Br. The molecule has 128 valence electrons. The van der Waals surface area contributed by atoms with E-state index in [-0.39, 0.29) is 11.5 Å². The third-order valence-electron chi connectivity index (χ3n) is 3.49. The zero-order chi connectivity index (χ0) is 17.5. The monoisotopic (exact) mass is 392 g/mol. The largest absolute Gasteiger partial charge is 0.492 e. The van der Waals surface area contributed by atoms with Crippen molar-refractivity contribution in [3.8, 4) is 11.8 Å². The van der Waals surface area contributed by atoms with Crippen molar-refractivity contribution in [2.45, 2.75) is 13.8 Å². The van der Waals surface area contributed by atoms with Gasteiger partial charge >= 0.3 is 0 Å². The van der Waals surface area contributed by atoms with Gasteiger partial charge < -0.3 is 14.4 Å². The predicted octanol–water partition coefficient (Wildman–Crippen LogP) is 3.25. The normalized spacial score (nSPS) is 15.3. The van der Waals surface area contributed by atoms with Crippen LogP contribution in [0.15, 0.2) is 28.2 Å². The van der Waals surface area contributed by atoms with Crippen molar-refractivity contribution < 1.29 is 14.3 Å². The first kappa shape index (κ1) is 18.5. The molecule has 1 fully saturated rings. The summed E-state index contributed by atoms with van der Waals surface area (Å²) >= 11 is 3.47. The summed E-state index contributed by atoms with van der Waals surface area (Å²) in [5.41, 5.74) is 0.900. The van der Waals surface area contributed by atoms with Gasteiger partial charge in [-0.1, -0.05) is 19.9 Å². The van der Waals surface area contributed by atoms with Gasteiger partial charge in [0.05, 0.1) is 24.3 Å². The molecule has 0 saturated carbocycles. The fraction of sp³-hybridized carbons (Fsp3) is 0.444. The molecule has 0 radical (unpaired) electrons. The van der Waals surface area contributed by atoms with E-state index in [0.717, 1.165) is 15.8 Å². The van der Waals surface area contributed by atoms with Crippen LogP contribution in [0.5, 0.6) is 5.75 Å². The maximum atomic E-state index is 12.4. The first-order chi connectivity index (χ1) is 11.5. The topological polar surface area (TPSA) is 62.6 Å². The van der Waals surface area contributed by atoms with Gasteiger partial charge in [0.15, 0.2) is 0 Å². The van der Waals surface area contributed by atoms with Gasteiger partial charge in [0.25, 0.3) is 5.91 Å². The summed E-state index contributed by atoms with van der Waals surface area (Å²) < 4.78 is 11.7. The van der Waals surface area contributed by atoms with Crippen LogP contribution in [0.2, 0.25) is 0 Å². The number of hydrogen-bond donors (Lipinski definition) is 0. The lowest BCUT2D eigenvalue weighted by Crippen LogP contribution is -2.41. The van der Waals surface area contributed by atoms with E-state index in [1.54, 1.807) is 11.0 Å². The van der Waals surface area contributed by atoms with Crippen LogP contribution in [0.3, 0.4) is 0 Å². The Kier molecular flexibility index (Phi) is 6.83. The molecule has 1 aromatic carbocycles. The van der Waals surface area contributed by atoms with Crippen LogP contribution in [0.4, 0.5) is 0 Å². The average Bonchev–Trinajstić information content (AvgIpc) is 2.59. The number of carbonyl (C=O) groups is 1. The van der Waals surface area contributed by atoms with Crippen LogP contribution in [-0.2, 0) is 9.53 Å². The van der Waals surface area contributed by atoms with Gasteiger partial charge in [-0.3, -0.25) is 4.79 Å². The van der Waals surface area contributed by atoms with Crippen molar-refractivity contribution in [3.63, 3.8) is 0 Å². The zero-order valence-corrected chi connectivity index (χ0v) is 15.5. The third-order valence-corrected chi connectivity index (χ3v) is 4.11. The number of carbonyl (C=O) groups excluding carboxylic acids is 1. The van der Waals surface area contributed by atoms with Gasteiger partial charge in [-0.15, -0.1) is 0 Å². The van der Waals surface area contributed by atoms with Gasteiger partial charge in [-0.25, -0.2) is 0 Å². The van der Waals surface area contributed by atoms with Gasteiger partial charge in [0.1, 0.15) is 17.4 Å². The molecule has 0 aromatic heterocycles. The quantitative estimate of drug-likeness (QED) is 0.569. The Hall–Kier alpha value is -1.84. The lowest BCUT2D eigenvalue weighted by Gasteiger charge is -2.26. The first-order valence-corrected chi connectivity index (χ1v) is 8.71. The minimum Gasteiger partial charge on any atom is -0.492 e. The molecular weight excluding hydrogens is 372 g/mol. The van der Waals surface area contributed by atoms with E-state index in [1.807, 2.05) is 24.3 Å². The molecule has 0 bridgehead atoms. The summed E-state index contributed by atoms with van der Waals surface area (Å²) in [5.74, 6) is 0.934. The maximum absolute atomic E-state index is 12.4. The minimum absolute atomic E-state index is 0.125. The van der Waals surface area contributed by atoms with Crippen molar-refractivity contribution in [1.82, 2.24) is 4.90 Å². The lowest BCUT2D eigenvalue weighted by atomic mass is 10.1. The van der Waals surface area contributed by atoms with E-state index < -0.39 is 0 Å². The highest BCUT2D eigenvalue weighted by atomic mass is 79.9. The van der Waals surface area contributed by atoms with Crippen LogP contribution >= 0.6 is 15.9 Å². The van der Waals surface area contributed by atoms with E-state index in [4.69, 9.17) is 9.47 Å². The van der Waals surface area contributed by atoms with Crippen LogP contribution in [0, 0.1) is 17.2 Å². The van der Waals surface area contributed by atoms with Crippen LogP contribution in [0.25, 0.3) is 6.08 Å². The Morgan fingerprint density at radius 2 is 2.17 bits per heavy atom. The molecule has 0 spiro atoms. The number of hydrogen-bond acceptors (Lipinski definition) is 4. The molecule has 0 N–H and O–H groups in total. The van der Waals surface area contributed by atoms with E-state index in [2.05, 4.69) is 29.8 Å². The molecule has 1 saturated heterocycles. The number of rotatable bonds is 5. The molecule has 1 aromatic rings. The number of ether oxygens (including phenoxy) is 2. The van der Waals surface area contributed by atoms with Gasteiger partial charge in [-0.2, -0.15) is 5.26 Å². The average molecular weight is 393 g/mol. The van der Waals surface area contributed by atoms with E-state index in [0.29, 0.717) is 38.8 Å². The number of benzene rings is 1. The molecule has 6 heteroatoms. The van der Waals surface area contributed by atoms with E-state index in [1.165, 1.54) is 0 Å². The smallest absolute Gasteiger partial charge is 0.264 e. The Bertz CT molecular complexity index is 659. The second kappa shape index (κ2) is 8.86. The summed E-state index contributed by atoms with van der Waals surface area (Å²) in [7, 11) is 0. The summed E-state index contributed by atoms with van der Waals surface area (Å²) in [6.07, 6.45) is 1.61. The highest BCUT2D eigenvalue weighted by molar-refractivity contribution is 9.10. The fourth-order valence-electron chi connectivity index (χ4n) is 2.23. The second-order valence-electron chi connectivity index (χ2n) is 5.97. The molecule has 24 heavy (non-hydrogen) atoms. The number of nitriles is 1. The number of nitrogens with zero attached hydrogens (tertiary/aromatic N) is 2. The predicted molar refractivity (Wildman–Crippen MR) is 95.5 cm³/mol. The van der Waals surface area contributed by atoms with Crippen LogP contribution in [0.1, 0.15) is 19.4 Å². The highest BCUT2D eigenvalue weighted by Crippen LogP contribution is 2.27. The Morgan fingerprint density at radius 1 is 1.46 bits per heavy atom. The second-order valence-corrected chi connectivity index (χ2v) is 6.82. The molecule has 1 amide bonds. The molecule has 1 aliphatic heterocycles. The van der Waals surface area contributed by atoms with Crippen molar-refractivity contribution in [3.05, 3.63) is 33.8 Å². The number of morpholine rings is 1. The molecular formula is C18H21BrN2O3. The number of halogens is 1. The highest BCUT2D eigenvalue weighted by Gasteiger charge is 2.20. The third kappa shape index (κ3) is 5.08. The Morgan fingerprint density at radius 3 is 2.75 bits per heavy atom. The summed E-state index contributed by atoms with van der Waals surface area (Å²) in [5, 5.41) is 9.32. The van der Waals surface area contributed by atoms with Crippen LogP contribution in [-0.4, -0.2) is 43.7 Å². The van der Waals surface area contributed by atoms with E-state index in [9.17, 15) is 10.1 Å². The molecule has 1 aliphatic rings. The molecule has 2 rings (SSSR count). The van der Waals surface area contributed by atoms with Crippen molar-refractivity contribution in [2.24, 2.45) is 5.92 Å². The van der Waals surface area contributed by atoms with Crippen LogP contribution < -0.4 is 4.74 Å². The summed E-state index contributed by atoms with van der Waals surface area (Å²) in [6, 6.07) is 7.53. The molecule has 0 unspecified atom stereocenters. The van der Waals surface area contributed by atoms with Gasteiger partial charge in [0.2, 0.25) is 0 Å². The molecule has 0 atom stereocenters. The summed E-state index contributed by atoms with van der Waals surface area (Å²) in [6.45, 7) is 6.86. The van der Waals surface area contributed by atoms with Crippen molar-refractivity contribution in [2.75, 3.05) is 32.9 Å². The fourth-order valence-corrected chi connectivity index (χ4v) is 2.74. The molecule has 1 heterocycles. The standard InChI is InChI=1S/C18H21BrN2O3/c1-13(2)12-24-17-4-3-14(10-16(17)19)9-15(11-20)18(22)21-5-7-23-8-6-21/h3-4,9-10,13H,5-8,12H2,1-2H3/b15-9+. The maximum Gasteiger partial charge on any atom is 0.264 e. The van der Waals surface area contributed by atoms with E-state index >= 15 is 0 Å². The Balaban J connectivity index is 2.14. The minimum atomic E-state index is -0.253. The lowest BCUT2D eigenvalue weighted by molar-refractivity contribution is -0.130. The molecule has 0 aliphatic carbocycles. The van der Waals surface area contributed by atoms with Crippen molar-refractivity contribution >= 4 is 27.9 Å². The van der Waals surface area contributed by atoms with Gasteiger partial charge in [0, 0.05) is 13.1 Å². The first-order valence-electron chi connectivity index (χ1n) is 7.92. The zero-order valence-electron chi connectivity index (χ0n) is 13.9. The molecule has 5 nitrogen and oxygen atoms in total. The summed E-state index contributed by atoms with van der Waals surface area (Å²) in [4.78, 5) is 14.1. The van der Waals surface area contributed by atoms with Gasteiger partial charge in [-0.05, 0) is 45.6 Å².